The second-order valence-corrected chi connectivity index (χ2v) is 9.69. The molecule has 8 nitrogen and oxygen atoms in total. The summed E-state index contributed by atoms with van der Waals surface area (Å²) in [6.07, 6.45) is 0. The largest absolute Gasteiger partial charge is 0.489 e. The molecule has 1 aliphatic heterocycles. The number of rotatable bonds is 7. The molecule has 0 bridgehead atoms. The fraction of sp³-hybridized carbons (Fsp3) is 0.222. The van der Waals surface area contributed by atoms with E-state index in [0.717, 1.165) is 56.3 Å². The normalized spacial score (nSPS) is 13.2. The molecule has 2 heterocycles. The summed E-state index contributed by atoms with van der Waals surface area (Å²) >= 11 is 1.78. The van der Waals surface area contributed by atoms with Gasteiger partial charge in [0.1, 0.15) is 12.4 Å². The highest BCUT2D eigenvalue weighted by atomic mass is 32.2. The van der Waals surface area contributed by atoms with Crippen molar-refractivity contribution in [2.45, 2.75) is 20.1 Å². The molecule has 4 aromatic rings. The second kappa shape index (κ2) is 10.3. The van der Waals surface area contributed by atoms with E-state index in [0.29, 0.717) is 12.4 Å². The third-order valence-corrected chi connectivity index (χ3v) is 7.00. The number of carbonyl (C=O) groups is 1. The van der Waals surface area contributed by atoms with Crippen LogP contribution in [0.25, 0.3) is 11.1 Å². The number of H-pyrrole nitrogens is 1. The fourth-order valence-electron chi connectivity index (χ4n) is 4.15. The number of benzene rings is 3. The SMILES string of the molecule is Cc1cc(C(=O)N2CCSC2)ccc1-c1cccc(COc2ccc(Cn3oc(=O)[nH]c3=O)cc2)c1. The van der Waals surface area contributed by atoms with E-state index in [1.165, 1.54) is 0 Å². The second-order valence-electron chi connectivity index (χ2n) is 8.61. The summed E-state index contributed by atoms with van der Waals surface area (Å²) < 4.78 is 11.7. The molecule has 0 aliphatic carbocycles. The first kappa shape index (κ1) is 23.7. The number of thioether (sulfide) groups is 1. The molecule has 36 heavy (non-hydrogen) atoms. The van der Waals surface area contributed by atoms with Crippen molar-refractivity contribution in [1.82, 2.24) is 14.6 Å². The molecule has 0 atom stereocenters. The molecular weight excluding hydrogens is 478 g/mol. The number of aromatic nitrogens is 2. The van der Waals surface area contributed by atoms with Crippen LogP contribution in [0.4, 0.5) is 0 Å². The molecule has 1 N–H and O–H groups in total. The zero-order valence-corrected chi connectivity index (χ0v) is 20.5. The van der Waals surface area contributed by atoms with Gasteiger partial charge in [-0.1, -0.05) is 36.4 Å². The minimum absolute atomic E-state index is 0.0903. The van der Waals surface area contributed by atoms with Crippen LogP contribution in [0.1, 0.15) is 27.0 Å². The summed E-state index contributed by atoms with van der Waals surface area (Å²) in [6.45, 7) is 3.38. The summed E-state index contributed by atoms with van der Waals surface area (Å²) in [6, 6.07) is 21.3. The standard InChI is InChI=1S/C27H25N3O5S/c1-18-13-22(25(31)29-11-12-36-17-29)7-10-24(18)21-4-2-3-20(14-21)16-34-23-8-5-19(6-9-23)15-30-26(32)28-27(33)35-30/h2-10,13-14H,11-12,15-17H2,1H3,(H,28,32,33). The number of aromatic amines is 1. The summed E-state index contributed by atoms with van der Waals surface area (Å²) in [5, 5.41) is 0. The molecule has 0 spiro atoms. The quantitative estimate of drug-likeness (QED) is 0.411. The van der Waals surface area contributed by atoms with Crippen LogP contribution in [-0.2, 0) is 13.2 Å². The molecule has 1 aromatic heterocycles. The zero-order valence-electron chi connectivity index (χ0n) is 19.7. The predicted octanol–water partition coefficient (Wildman–Crippen LogP) is 3.88. The highest BCUT2D eigenvalue weighted by molar-refractivity contribution is 7.99. The van der Waals surface area contributed by atoms with E-state index in [4.69, 9.17) is 9.26 Å². The van der Waals surface area contributed by atoms with Crippen LogP contribution in [0.2, 0.25) is 0 Å². The van der Waals surface area contributed by atoms with Crippen LogP contribution in [0.3, 0.4) is 0 Å². The van der Waals surface area contributed by atoms with E-state index in [1.54, 1.807) is 11.8 Å². The number of nitrogens with one attached hydrogen (secondary N) is 1. The van der Waals surface area contributed by atoms with E-state index < -0.39 is 11.4 Å². The average molecular weight is 504 g/mol. The zero-order chi connectivity index (χ0) is 25.1. The number of hydrogen-bond donors (Lipinski definition) is 1. The molecule has 9 heteroatoms. The maximum atomic E-state index is 12.7. The third-order valence-electron chi connectivity index (χ3n) is 6.03. The molecule has 1 saturated heterocycles. The summed E-state index contributed by atoms with van der Waals surface area (Å²) in [5.41, 5.74) is 5.17. The van der Waals surface area contributed by atoms with Gasteiger partial charge in [0.25, 0.3) is 5.91 Å². The van der Waals surface area contributed by atoms with Crippen molar-refractivity contribution in [3.8, 4) is 16.9 Å². The van der Waals surface area contributed by atoms with Gasteiger partial charge in [0.15, 0.2) is 0 Å². The van der Waals surface area contributed by atoms with E-state index in [-0.39, 0.29) is 12.5 Å². The Kier molecular flexibility index (Phi) is 6.81. The van der Waals surface area contributed by atoms with Crippen molar-refractivity contribution in [2.75, 3.05) is 18.2 Å². The Morgan fingerprint density at radius 1 is 1.06 bits per heavy atom. The van der Waals surface area contributed by atoms with Gasteiger partial charge in [-0.05, 0) is 65.1 Å². The minimum Gasteiger partial charge on any atom is -0.489 e. The average Bonchev–Trinajstić information content (AvgIpc) is 3.53. The molecule has 3 aromatic carbocycles. The molecule has 0 unspecified atom stereocenters. The van der Waals surface area contributed by atoms with Crippen molar-refractivity contribution >= 4 is 17.7 Å². The van der Waals surface area contributed by atoms with E-state index in [9.17, 15) is 14.4 Å². The Balaban J connectivity index is 1.24. The molecule has 1 amide bonds. The number of amides is 1. The molecule has 0 radical (unpaired) electrons. The molecular formula is C27H25N3O5S. The Morgan fingerprint density at radius 2 is 1.89 bits per heavy atom. The number of aryl methyl sites for hydroxylation is 1. The highest BCUT2D eigenvalue weighted by Crippen LogP contribution is 2.27. The summed E-state index contributed by atoms with van der Waals surface area (Å²) in [7, 11) is 0. The fourth-order valence-corrected chi connectivity index (χ4v) is 5.09. The Morgan fingerprint density at radius 3 is 2.58 bits per heavy atom. The van der Waals surface area contributed by atoms with Gasteiger partial charge >= 0.3 is 11.4 Å². The van der Waals surface area contributed by atoms with Gasteiger partial charge in [0.2, 0.25) is 0 Å². The first-order valence-corrected chi connectivity index (χ1v) is 12.7. The van der Waals surface area contributed by atoms with Crippen molar-refractivity contribution in [2.24, 2.45) is 0 Å². The van der Waals surface area contributed by atoms with Crippen LogP contribution in [-0.4, -0.2) is 38.7 Å². The van der Waals surface area contributed by atoms with Crippen LogP contribution in [0, 0.1) is 6.92 Å². The van der Waals surface area contributed by atoms with E-state index >= 15 is 0 Å². The molecule has 1 fully saturated rings. The molecule has 5 rings (SSSR count). The van der Waals surface area contributed by atoms with Gasteiger partial charge < -0.3 is 14.2 Å². The van der Waals surface area contributed by atoms with Crippen molar-refractivity contribution in [1.29, 1.82) is 0 Å². The van der Waals surface area contributed by atoms with Crippen molar-refractivity contribution < 1.29 is 14.1 Å². The molecule has 1 aliphatic rings. The highest BCUT2D eigenvalue weighted by Gasteiger charge is 2.20. The van der Waals surface area contributed by atoms with Gasteiger partial charge in [0.05, 0.1) is 12.4 Å². The Bertz CT molecular complexity index is 1500. The first-order chi connectivity index (χ1) is 17.5. The van der Waals surface area contributed by atoms with Crippen molar-refractivity contribution in [3.63, 3.8) is 0 Å². The van der Waals surface area contributed by atoms with Crippen LogP contribution < -0.4 is 16.2 Å². The van der Waals surface area contributed by atoms with Gasteiger partial charge in [-0.25, -0.2) is 14.6 Å². The summed E-state index contributed by atoms with van der Waals surface area (Å²) in [5.74, 6) is 1.76. The lowest BCUT2D eigenvalue weighted by atomic mass is 9.97. The van der Waals surface area contributed by atoms with Crippen LogP contribution in [0.15, 0.2) is 80.8 Å². The van der Waals surface area contributed by atoms with Gasteiger partial charge in [-0.2, -0.15) is 0 Å². The Hall–Kier alpha value is -3.98. The number of nitrogens with zero attached hydrogens (tertiary/aromatic N) is 2. The van der Waals surface area contributed by atoms with Crippen LogP contribution >= 0.6 is 11.8 Å². The van der Waals surface area contributed by atoms with Gasteiger partial charge in [-0.3, -0.25) is 4.79 Å². The van der Waals surface area contributed by atoms with E-state index in [1.807, 2.05) is 66.4 Å². The molecule has 0 saturated carbocycles. The molecule has 184 valence electrons. The lowest BCUT2D eigenvalue weighted by molar-refractivity contribution is 0.0802. The van der Waals surface area contributed by atoms with E-state index in [2.05, 4.69) is 17.1 Å². The van der Waals surface area contributed by atoms with Gasteiger partial charge in [0, 0.05) is 17.9 Å². The monoisotopic (exact) mass is 503 g/mol. The predicted molar refractivity (Wildman–Crippen MR) is 138 cm³/mol. The third kappa shape index (κ3) is 5.31. The van der Waals surface area contributed by atoms with Crippen LogP contribution in [0.5, 0.6) is 5.75 Å². The van der Waals surface area contributed by atoms with Crippen molar-refractivity contribution in [3.05, 3.63) is 110 Å². The maximum Gasteiger partial charge on any atom is 0.440 e. The first-order valence-electron chi connectivity index (χ1n) is 11.6. The smallest absolute Gasteiger partial charge is 0.440 e. The topological polar surface area (TPSA) is 97.5 Å². The lowest BCUT2D eigenvalue weighted by Gasteiger charge is -2.16. The lowest BCUT2D eigenvalue weighted by Crippen LogP contribution is -2.27. The summed E-state index contributed by atoms with van der Waals surface area (Å²) in [4.78, 5) is 39.4. The maximum absolute atomic E-state index is 12.7. The van der Waals surface area contributed by atoms with Gasteiger partial charge in [-0.15, -0.1) is 16.5 Å². The number of hydrogen-bond acceptors (Lipinski definition) is 6. The minimum atomic E-state index is -0.775. The number of ether oxygens (including phenoxy) is 1. The Labute approximate surface area is 211 Å². The number of carbonyl (C=O) groups excluding carboxylic acids is 1.